The Kier molecular flexibility index (Phi) is 9.91. The van der Waals surface area contributed by atoms with Gasteiger partial charge in [0.25, 0.3) is 0 Å². The van der Waals surface area contributed by atoms with E-state index in [1.807, 2.05) is 0 Å². The number of carbonyl (C=O) groups is 2. The van der Waals surface area contributed by atoms with Crippen LogP contribution in [0.4, 0.5) is 0 Å². The van der Waals surface area contributed by atoms with Crippen molar-refractivity contribution < 1.29 is 14.2 Å². The van der Waals surface area contributed by atoms with Gasteiger partial charge in [0.05, 0.1) is 31.2 Å². The zero-order valence-corrected chi connectivity index (χ0v) is 20.5. The summed E-state index contributed by atoms with van der Waals surface area (Å²) < 4.78 is 14.0. The third-order valence-electron chi connectivity index (χ3n) is 4.84. The second kappa shape index (κ2) is 11.7. The first-order chi connectivity index (χ1) is 14.2. The van der Waals surface area contributed by atoms with E-state index in [9.17, 15) is 14.2 Å². The van der Waals surface area contributed by atoms with Gasteiger partial charge < -0.3 is 4.57 Å². The standard InChI is InChI=1S/C22H23Cl4O3P/c1-2-3-4-5-6-7-14-30(29,21(27)19-15(23)10-8-11-16(19)24)22(28)20-17(25)12-9-13-18(20)26/h8-13H,2-7,14H2,1H3. The highest BCUT2D eigenvalue weighted by Gasteiger charge is 2.43. The SMILES string of the molecule is CCCCCCCCP(=O)(C(=O)c1c(Cl)cccc1Cl)C(=O)c1c(Cl)cccc1Cl. The second-order valence-electron chi connectivity index (χ2n) is 7.03. The number of rotatable bonds is 11. The molecule has 30 heavy (non-hydrogen) atoms. The number of carbonyl (C=O) groups excluding carboxylic acids is 2. The lowest BCUT2D eigenvalue weighted by Crippen LogP contribution is -2.15. The molecule has 0 aromatic heterocycles. The number of hydrogen-bond acceptors (Lipinski definition) is 3. The molecule has 0 aliphatic carbocycles. The van der Waals surface area contributed by atoms with Gasteiger partial charge in [0.2, 0.25) is 18.2 Å². The van der Waals surface area contributed by atoms with Gasteiger partial charge in [-0.2, -0.15) is 0 Å². The summed E-state index contributed by atoms with van der Waals surface area (Å²) in [6.45, 7) is 2.12. The van der Waals surface area contributed by atoms with E-state index in [0.29, 0.717) is 6.42 Å². The monoisotopic (exact) mass is 506 g/mol. The smallest absolute Gasteiger partial charge is 0.231 e. The van der Waals surface area contributed by atoms with Gasteiger partial charge in [0, 0.05) is 6.16 Å². The zero-order valence-electron chi connectivity index (χ0n) is 16.6. The van der Waals surface area contributed by atoms with Crippen LogP contribution in [0.2, 0.25) is 20.1 Å². The molecular formula is C22H23Cl4O3P. The summed E-state index contributed by atoms with van der Waals surface area (Å²) in [5, 5.41) is 0.199. The molecule has 0 N–H and O–H groups in total. The first kappa shape index (κ1) is 25.4. The molecular weight excluding hydrogens is 485 g/mol. The quantitative estimate of drug-likeness (QED) is 0.225. The molecule has 2 aromatic carbocycles. The summed E-state index contributed by atoms with van der Waals surface area (Å²) in [5.41, 5.74) is -1.92. The molecule has 0 radical (unpaired) electrons. The Balaban J connectivity index is 2.43. The fourth-order valence-electron chi connectivity index (χ4n) is 3.18. The highest BCUT2D eigenvalue weighted by atomic mass is 35.5. The fraction of sp³-hybridized carbons (Fsp3) is 0.364. The average molecular weight is 508 g/mol. The predicted octanol–water partition coefficient (Wildman–Crippen LogP) is 9.00. The summed E-state index contributed by atoms with van der Waals surface area (Å²) >= 11 is 24.7. The molecule has 2 aromatic rings. The first-order valence-electron chi connectivity index (χ1n) is 9.81. The summed E-state index contributed by atoms with van der Waals surface area (Å²) in [4.78, 5) is 26.7. The molecule has 0 saturated carbocycles. The van der Waals surface area contributed by atoms with E-state index in [-0.39, 0.29) is 37.4 Å². The fourth-order valence-corrected chi connectivity index (χ4v) is 7.04. The van der Waals surface area contributed by atoms with Crippen molar-refractivity contribution in [2.45, 2.75) is 45.4 Å². The van der Waals surface area contributed by atoms with Gasteiger partial charge in [0.15, 0.2) is 0 Å². The van der Waals surface area contributed by atoms with Crippen molar-refractivity contribution in [1.82, 2.24) is 0 Å². The number of hydrogen-bond donors (Lipinski definition) is 0. The van der Waals surface area contributed by atoms with Crippen LogP contribution >= 0.6 is 53.5 Å². The Bertz CT molecular complexity index is 867. The normalized spacial score (nSPS) is 11.5. The van der Waals surface area contributed by atoms with Gasteiger partial charge in [-0.05, 0) is 30.7 Å². The van der Waals surface area contributed by atoms with Crippen LogP contribution in [-0.4, -0.2) is 17.2 Å². The van der Waals surface area contributed by atoms with Crippen LogP contribution in [0, 0.1) is 0 Å². The van der Waals surface area contributed by atoms with Crippen molar-refractivity contribution in [1.29, 1.82) is 0 Å². The minimum absolute atomic E-state index is 0.0497. The van der Waals surface area contributed by atoms with Crippen molar-refractivity contribution >= 4 is 64.6 Å². The Labute approximate surface area is 197 Å². The maximum atomic E-state index is 14.0. The zero-order chi connectivity index (χ0) is 22.3. The topological polar surface area (TPSA) is 51.2 Å². The lowest BCUT2D eigenvalue weighted by Gasteiger charge is -2.19. The van der Waals surface area contributed by atoms with E-state index in [4.69, 9.17) is 46.4 Å². The van der Waals surface area contributed by atoms with Gasteiger partial charge in [-0.25, -0.2) is 0 Å². The van der Waals surface area contributed by atoms with Crippen molar-refractivity contribution in [2.75, 3.05) is 6.16 Å². The molecule has 0 spiro atoms. The third-order valence-corrected chi connectivity index (χ3v) is 8.80. The second-order valence-corrected chi connectivity index (χ2v) is 11.4. The summed E-state index contributed by atoms with van der Waals surface area (Å²) in [6, 6.07) is 9.05. The van der Waals surface area contributed by atoms with Gasteiger partial charge in [0.1, 0.15) is 0 Å². The number of benzene rings is 2. The number of halogens is 4. The first-order valence-corrected chi connectivity index (χ1v) is 13.2. The van der Waals surface area contributed by atoms with E-state index in [0.717, 1.165) is 32.1 Å². The molecule has 162 valence electrons. The predicted molar refractivity (Wildman–Crippen MR) is 127 cm³/mol. The molecule has 0 saturated heterocycles. The van der Waals surface area contributed by atoms with Crippen LogP contribution in [0.1, 0.15) is 66.2 Å². The molecule has 0 aliphatic heterocycles. The van der Waals surface area contributed by atoms with Gasteiger partial charge in [-0.3, -0.25) is 9.59 Å². The molecule has 3 nitrogen and oxygen atoms in total. The van der Waals surface area contributed by atoms with Crippen LogP contribution in [-0.2, 0) is 4.57 Å². The van der Waals surface area contributed by atoms with Gasteiger partial charge >= 0.3 is 0 Å². The third kappa shape index (κ3) is 5.90. The summed E-state index contributed by atoms with van der Waals surface area (Å²) in [7, 11) is -4.12. The van der Waals surface area contributed by atoms with E-state index in [1.165, 1.54) is 24.3 Å². The highest BCUT2D eigenvalue weighted by molar-refractivity contribution is 7.95. The van der Waals surface area contributed by atoms with Crippen LogP contribution in [0.15, 0.2) is 36.4 Å². The molecule has 8 heteroatoms. The van der Waals surface area contributed by atoms with Crippen molar-refractivity contribution in [2.24, 2.45) is 0 Å². The lowest BCUT2D eigenvalue weighted by molar-refractivity contribution is 0.103. The van der Waals surface area contributed by atoms with Crippen molar-refractivity contribution in [3.05, 3.63) is 67.6 Å². The van der Waals surface area contributed by atoms with Crippen molar-refractivity contribution in [3.8, 4) is 0 Å². The molecule has 2 rings (SSSR count). The molecule has 0 aliphatic rings. The Morgan fingerprint density at radius 3 is 1.47 bits per heavy atom. The number of unbranched alkanes of at least 4 members (excludes halogenated alkanes) is 5. The molecule has 0 unspecified atom stereocenters. The van der Waals surface area contributed by atoms with Crippen LogP contribution < -0.4 is 0 Å². The Morgan fingerprint density at radius 1 is 0.700 bits per heavy atom. The Hall–Kier alpha value is -0.830. The van der Waals surface area contributed by atoms with E-state index in [1.54, 1.807) is 12.1 Å². The minimum atomic E-state index is -4.12. The minimum Gasteiger partial charge on any atom is -0.307 e. The summed E-state index contributed by atoms with van der Waals surface area (Å²) in [6.07, 6.45) is 5.34. The maximum Gasteiger partial charge on any atom is 0.231 e. The molecule has 0 heterocycles. The van der Waals surface area contributed by atoms with E-state index >= 15 is 0 Å². The lowest BCUT2D eigenvalue weighted by atomic mass is 10.1. The molecule has 0 atom stereocenters. The van der Waals surface area contributed by atoms with Crippen molar-refractivity contribution in [3.63, 3.8) is 0 Å². The van der Waals surface area contributed by atoms with E-state index in [2.05, 4.69) is 6.92 Å². The summed E-state index contributed by atoms with van der Waals surface area (Å²) in [5.74, 6) is 0. The van der Waals surface area contributed by atoms with Crippen LogP contribution in [0.3, 0.4) is 0 Å². The molecule has 0 fully saturated rings. The molecule has 0 bridgehead atoms. The maximum absolute atomic E-state index is 14.0. The largest absolute Gasteiger partial charge is 0.307 e. The van der Waals surface area contributed by atoms with Gasteiger partial charge in [-0.15, -0.1) is 0 Å². The Morgan fingerprint density at radius 2 is 1.07 bits per heavy atom. The highest BCUT2D eigenvalue weighted by Crippen LogP contribution is 2.55. The average Bonchev–Trinajstić information content (AvgIpc) is 2.70. The van der Waals surface area contributed by atoms with Crippen LogP contribution in [0.25, 0.3) is 0 Å². The molecule has 0 amide bonds. The van der Waals surface area contributed by atoms with E-state index < -0.39 is 18.2 Å². The van der Waals surface area contributed by atoms with Crippen LogP contribution in [0.5, 0.6) is 0 Å². The van der Waals surface area contributed by atoms with Gasteiger partial charge in [-0.1, -0.05) is 97.6 Å².